The Hall–Kier alpha value is -2.35. The van der Waals surface area contributed by atoms with Crippen molar-refractivity contribution in [1.82, 2.24) is 0 Å². The molecule has 3 aromatic carbocycles. The molecule has 3 rings (SSSR count). The maximum absolute atomic E-state index is 5.24. The first kappa shape index (κ1) is 39.7. The van der Waals surface area contributed by atoms with Gasteiger partial charge in [0.05, 0.1) is 0 Å². The van der Waals surface area contributed by atoms with Crippen LogP contribution in [0.1, 0.15) is 160 Å². The van der Waals surface area contributed by atoms with E-state index in [0.29, 0.717) is 23.7 Å². The van der Waals surface area contributed by atoms with Crippen molar-refractivity contribution in [2.75, 3.05) is 0 Å². The molecule has 2 atom stereocenters. The van der Waals surface area contributed by atoms with Crippen LogP contribution >= 0.6 is 0 Å². The third-order valence-electron chi connectivity index (χ3n) is 8.18. The molecule has 0 aliphatic rings. The van der Waals surface area contributed by atoms with E-state index in [1.54, 1.807) is 0 Å². The molecular formula is C41H61MnN2. The number of hydrogen-bond donors (Lipinski definition) is 0. The fraction of sp³-hybridized carbons (Fsp3) is 0.537. The van der Waals surface area contributed by atoms with Crippen molar-refractivity contribution in [2.45, 2.75) is 145 Å². The molecule has 0 spiro atoms. The zero-order chi connectivity index (χ0) is 32.5. The minimum absolute atomic E-state index is 0. The summed E-state index contributed by atoms with van der Waals surface area (Å²) in [6.45, 7) is 31.3. The third kappa shape index (κ3) is 11.5. The maximum Gasteiger partial charge on any atom is 3.00 e. The predicted molar refractivity (Wildman–Crippen MR) is 193 cm³/mol. The molecule has 2 unspecified atom stereocenters. The molecule has 3 aromatic rings. The van der Waals surface area contributed by atoms with E-state index in [-0.39, 0.29) is 34.6 Å². The Kier molecular flexibility index (Phi) is 16.2. The molecule has 0 heterocycles. The Morgan fingerprint density at radius 1 is 0.545 bits per heavy atom. The van der Waals surface area contributed by atoms with Gasteiger partial charge in [0.2, 0.25) is 0 Å². The van der Waals surface area contributed by atoms with Gasteiger partial charge in [0.1, 0.15) is 0 Å². The van der Waals surface area contributed by atoms with Crippen LogP contribution in [0.5, 0.6) is 0 Å². The molecule has 2 nitrogen and oxygen atoms in total. The van der Waals surface area contributed by atoms with Gasteiger partial charge in [-0.15, -0.1) is 35.6 Å². The van der Waals surface area contributed by atoms with E-state index in [2.05, 4.69) is 164 Å². The Bertz CT molecular complexity index is 1130. The molecule has 0 amide bonds. The van der Waals surface area contributed by atoms with E-state index in [9.17, 15) is 0 Å². The van der Waals surface area contributed by atoms with E-state index in [4.69, 9.17) is 10.6 Å². The summed E-state index contributed by atoms with van der Waals surface area (Å²) in [4.78, 5) is 0. The topological polar surface area (TPSA) is 28.2 Å². The van der Waals surface area contributed by atoms with Crippen LogP contribution in [0.4, 0.5) is 11.4 Å². The van der Waals surface area contributed by atoms with Gasteiger partial charge in [0, 0.05) is 0 Å². The van der Waals surface area contributed by atoms with Gasteiger partial charge in [-0.25, -0.2) is 0 Å². The van der Waals surface area contributed by atoms with Crippen LogP contribution < -0.4 is 0 Å². The van der Waals surface area contributed by atoms with Crippen molar-refractivity contribution >= 4 is 11.4 Å². The van der Waals surface area contributed by atoms with Crippen molar-refractivity contribution in [2.24, 2.45) is 0 Å². The Morgan fingerprint density at radius 3 is 1.11 bits per heavy atom. The molecule has 44 heavy (non-hydrogen) atoms. The van der Waals surface area contributed by atoms with Crippen LogP contribution in [0, 0.1) is 6.42 Å². The Balaban J connectivity index is 0.000000624. The Morgan fingerprint density at radius 2 is 0.864 bits per heavy atom. The molecule has 0 aliphatic carbocycles. The predicted octanol–water partition coefficient (Wildman–Crippen LogP) is 13.6. The summed E-state index contributed by atoms with van der Waals surface area (Å²) >= 11 is 0. The van der Waals surface area contributed by atoms with Crippen molar-refractivity contribution in [3.8, 4) is 0 Å². The second-order valence-corrected chi connectivity index (χ2v) is 14.5. The number of rotatable bonds is 11. The van der Waals surface area contributed by atoms with Crippen LogP contribution in [-0.2, 0) is 22.5 Å². The van der Waals surface area contributed by atoms with Crippen molar-refractivity contribution in [3.05, 3.63) is 111 Å². The molecule has 0 saturated carbocycles. The monoisotopic (exact) mass is 636 g/mol. The van der Waals surface area contributed by atoms with Gasteiger partial charge in [-0.2, -0.15) is 24.1 Å². The summed E-state index contributed by atoms with van der Waals surface area (Å²) in [7, 11) is 0. The molecule has 0 saturated heterocycles. The molecule has 0 aromatic heterocycles. The molecule has 0 bridgehead atoms. The van der Waals surface area contributed by atoms with Crippen LogP contribution in [0.25, 0.3) is 10.6 Å². The van der Waals surface area contributed by atoms with Crippen LogP contribution in [0.2, 0.25) is 0 Å². The summed E-state index contributed by atoms with van der Waals surface area (Å²) in [5.74, 6) is 1.88. The summed E-state index contributed by atoms with van der Waals surface area (Å²) < 4.78 is 0. The normalized spacial score (nSPS) is 12.9. The average Bonchev–Trinajstić information content (AvgIpc) is 2.92. The molecule has 0 radical (unpaired) electrons. The standard InChI is InChI=1S/C29H44N2.C12H17.Mn/c1-18(2)24-13-11-14-25(19(3)4)28(24)30-22(9)17-23(10)31-29-26(20(5)6)15-12-16-27(29)21(7)8;1-5-10-6-8-11(9-7-10)12(2,3)4;/h11-16,18-23H,17H2,1-10H3;5-9H,1-4H3;/q-2;-1;+3. The maximum atomic E-state index is 5.24. The number of hydrogen-bond acceptors (Lipinski definition) is 0. The van der Waals surface area contributed by atoms with Crippen LogP contribution in [0.3, 0.4) is 0 Å². The van der Waals surface area contributed by atoms with E-state index in [1.807, 2.05) is 0 Å². The molecule has 242 valence electrons. The van der Waals surface area contributed by atoms with Gasteiger partial charge >= 0.3 is 17.1 Å². The van der Waals surface area contributed by atoms with E-state index < -0.39 is 0 Å². The molecule has 0 N–H and O–H groups in total. The number of para-hydroxylation sites is 2. The smallest absolute Gasteiger partial charge is 0.681 e. The fourth-order valence-electron chi connectivity index (χ4n) is 5.54. The third-order valence-corrected chi connectivity index (χ3v) is 8.18. The van der Waals surface area contributed by atoms with Gasteiger partial charge in [-0.3, -0.25) is 0 Å². The van der Waals surface area contributed by atoms with Gasteiger partial charge < -0.3 is 10.6 Å². The minimum Gasteiger partial charge on any atom is -0.681 e. The van der Waals surface area contributed by atoms with Crippen LogP contribution in [-0.4, -0.2) is 12.1 Å². The zero-order valence-electron chi connectivity index (χ0n) is 30.3. The summed E-state index contributed by atoms with van der Waals surface area (Å²) in [6, 6.07) is 22.5. The number of benzene rings is 3. The van der Waals surface area contributed by atoms with Crippen LogP contribution in [0.15, 0.2) is 60.7 Å². The van der Waals surface area contributed by atoms with Crippen molar-refractivity contribution in [3.63, 3.8) is 0 Å². The largest absolute Gasteiger partial charge is 3.00 e. The van der Waals surface area contributed by atoms with Gasteiger partial charge in [0.15, 0.2) is 0 Å². The summed E-state index contributed by atoms with van der Waals surface area (Å²) in [6.07, 6.45) is 3.07. The first-order valence-corrected chi connectivity index (χ1v) is 16.6. The van der Waals surface area contributed by atoms with Gasteiger partial charge in [0.25, 0.3) is 0 Å². The average molecular weight is 637 g/mol. The van der Waals surface area contributed by atoms with E-state index >= 15 is 0 Å². The van der Waals surface area contributed by atoms with Gasteiger partial charge in [-0.1, -0.05) is 168 Å². The molecular weight excluding hydrogens is 575 g/mol. The van der Waals surface area contributed by atoms with Crippen molar-refractivity contribution in [1.29, 1.82) is 0 Å². The SMILES string of the molecule is CC(CC(C)[N-]c1c(C(C)C)cccc1C(C)C)[N-]c1c(C(C)C)cccc1C(C)C.C[CH-]c1ccc(C(C)(C)C)cc1.[Mn+3]. The summed E-state index contributed by atoms with van der Waals surface area (Å²) in [5, 5.41) is 10.5. The molecule has 0 fully saturated rings. The van der Waals surface area contributed by atoms with Crippen molar-refractivity contribution < 1.29 is 17.1 Å². The zero-order valence-corrected chi connectivity index (χ0v) is 31.5. The number of nitrogens with zero attached hydrogens (tertiary/aromatic N) is 2. The van der Waals surface area contributed by atoms with E-state index in [1.165, 1.54) is 44.8 Å². The summed E-state index contributed by atoms with van der Waals surface area (Å²) in [5.41, 5.74) is 10.8. The minimum atomic E-state index is 0. The quantitative estimate of drug-likeness (QED) is 0.148. The first-order valence-electron chi connectivity index (χ1n) is 16.6. The molecule has 3 heteroatoms. The second kappa shape index (κ2) is 18.0. The van der Waals surface area contributed by atoms with E-state index in [0.717, 1.165) is 6.42 Å². The Labute approximate surface area is 283 Å². The second-order valence-electron chi connectivity index (χ2n) is 14.5. The van der Waals surface area contributed by atoms with Gasteiger partial charge in [-0.05, 0) is 29.1 Å². The first-order chi connectivity index (χ1) is 20.1. The molecule has 0 aliphatic heterocycles. The fourth-order valence-corrected chi connectivity index (χ4v) is 5.54.